The van der Waals surface area contributed by atoms with Crippen LogP contribution < -0.4 is 0 Å². The maximum absolute atomic E-state index is 12.6. The minimum absolute atomic E-state index is 0.0693. The van der Waals surface area contributed by atoms with Crippen LogP contribution in [0.1, 0.15) is 35.9 Å². The van der Waals surface area contributed by atoms with E-state index in [2.05, 4.69) is 10.1 Å². The molecule has 0 unspecified atom stereocenters. The van der Waals surface area contributed by atoms with Crippen LogP contribution in [0.5, 0.6) is 0 Å². The topological polar surface area (TPSA) is 47.8 Å². The lowest BCUT2D eigenvalue weighted by molar-refractivity contribution is 0.102. The summed E-state index contributed by atoms with van der Waals surface area (Å²) < 4.78 is 2.63. The molecule has 0 aliphatic heterocycles. The predicted octanol–water partition coefficient (Wildman–Crippen LogP) is 3.96. The third kappa shape index (κ3) is 2.13. The number of pyridine rings is 1. The molecule has 0 spiro atoms. The van der Waals surface area contributed by atoms with Gasteiger partial charge >= 0.3 is 0 Å². The Hall–Kier alpha value is -1.72. The normalized spacial score (nSPS) is 11.4. The fourth-order valence-corrected chi connectivity index (χ4v) is 3.05. The third-order valence-electron chi connectivity index (χ3n) is 3.02. The molecule has 3 rings (SSSR count). The Balaban J connectivity index is 2.10. The van der Waals surface area contributed by atoms with Gasteiger partial charge < -0.3 is 0 Å². The summed E-state index contributed by atoms with van der Waals surface area (Å²) in [6, 6.07) is 3.85. The van der Waals surface area contributed by atoms with Crippen LogP contribution in [0.2, 0.25) is 5.02 Å². The first-order valence-corrected chi connectivity index (χ1v) is 7.44. The van der Waals surface area contributed by atoms with Gasteiger partial charge in [-0.2, -0.15) is 5.10 Å². The summed E-state index contributed by atoms with van der Waals surface area (Å²) in [5, 5.41) is 6.49. The van der Waals surface area contributed by atoms with Gasteiger partial charge in [0.15, 0.2) is 0 Å². The largest absolute Gasteiger partial charge is 0.287 e. The van der Waals surface area contributed by atoms with E-state index in [1.54, 1.807) is 22.2 Å². The van der Waals surface area contributed by atoms with Crippen molar-refractivity contribution in [2.24, 2.45) is 0 Å². The van der Waals surface area contributed by atoms with Crippen LogP contribution >= 0.6 is 22.9 Å². The summed E-state index contributed by atoms with van der Waals surface area (Å²) in [5.41, 5.74) is 1.85. The first-order chi connectivity index (χ1) is 9.58. The van der Waals surface area contributed by atoms with E-state index in [0.717, 1.165) is 10.2 Å². The molecule has 0 saturated carbocycles. The number of hydrogen-bond donors (Lipinski definition) is 0. The van der Waals surface area contributed by atoms with Crippen LogP contribution in [0.4, 0.5) is 0 Å². The molecule has 0 saturated heterocycles. The minimum Gasteiger partial charge on any atom is -0.287 e. The van der Waals surface area contributed by atoms with Gasteiger partial charge in [0.05, 0.1) is 21.4 Å². The standard InChI is InChI=1S/C14H12ClN3OS/c1-8(2)18-13(10(15)7-17-18)14(19)9-5-12-11(16-6-9)3-4-20-12/h3-8H,1-2H3. The van der Waals surface area contributed by atoms with E-state index in [-0.39, 0.29) is 11.8 Å². The van der Waals surface area contributed by atoms with Gasteiger partial charge in [0.2, 0.25) is 5.78 Å². The van der Waals surface area contributed by atoms with Crippen molar-refractivity contribution < 1.29 is 4.79 Å². The van der Waals surface area contributed by atoms with E-state index in [1.165, 1.54) is 6.20 Å². The Bertz CT molecular complexity index is 791. The highest BCUT2D eigenvalue weighted by molar-refractivity contribution is 7.17. The molecule has 4 nitrogen and oxygen atoms in total. The molecule has 0 N–H and O–H groups in total. The summed E-state index contributed by atoms with van der Waals surface area (Å²) in [7, 11) is 0. The number of rotatable bonds is 3. The van der Waals surface area contributed by atoms with Crippen molar-refractivity contribution in [3.05, 3.63) is 46.2 Å². The minimum atomic E-state index is -0.149. The molecule has 102 valence electrons. The van der Waals surface area contributed by atoms with Gasteiger partial charge in [0.25, 0.3) is 0 Å². The molecule has 0 atom stereocenters. The molecular formula is C14H12ClN3OS. The highest BCUT2D eigenvalue weighted by Crippen LogP contribution is 2.25. The first-order valence-electron chi connectivity index (χ1n) is 6.19. The van der Waals surface area contributed by atoms with Crippen molar-refractivity contribution in [2.75, 3.05) is 0 Å². The summed E-state index contributed by atoms with van der Waals surface area (Å²) >= 11 is 7.67. The third-order valence-corrected chi connectivity index (χ3v) is 4.15. The van der Waals surface area contributed by atoms with Crippen molar-refractivity contribution in [3.8, 4) is 0 Å². The molecular weight excluding hydrogens is 294 g/mol. The average Bonchev–Trinajstić information content (AvgIpc) is 3.03. The monoisotopic (exact) mass is 305 g/mol. The summed E-state index contributed by atoms with van der Waals surface area (Å²) in [4.78, 5) is 16.9. The second kappa shape index (κ2) is 5.00. The smallest absolute Gasteiger partial charge is 0.214 e. The highest BCUT2D eigenvalue weighted by atomic mass is 35.5. The van der Waals surface area contributed by atoms with Crippen molar-refractivity contribution >= 4 is 38.9 Å². The first kappa shape index (κ1) is 13.3. The zero-order valence-corrected chi connectivity index (χ0v) is 12.6. The van der Waals surface area contributed by atoms with E-state index in [4.69, 9.17) is 11.6 Å². The molecule has 6 heteroatoms. The maximum atomic E-state index is 12.6. The van der Waals surface area contributed by atoms with E-state index in [9.17, 15) is 4.79 Å². The molecule has 0 radical (unpaired) electrons. The Kier molecular flexibility index (Phi) is 3.31. The molecule has 0 fully saturated rings. The number of thiophene rings is 1. The Morgan fingerprint density at radius 2 is 2.20 bits per heavy atom. The Morgan fingerprint density at radius 3 is 2.95 bits per heavy atom. The van der Waals surface area contributed by atoms with Crippen LogP contribution in [0, 0.1) is 0 Å². The number of aromatic nitrogens is 3. The number of hydrogen-bond acceptors (Lipinski definition) is 4. The van der Waals surface area contributed by atoms with Gasteiger partial charge in [0.1, 0.15) is 5.69 Å². The van der Waals surface area contributed by atoms with Crippen LogP contribution in [0.25, 0.3) is 10.2 Å². The Morgan fingerprint density at radius 1 is 1.40 bits per heavy atom. The lowest BCUT2D eigenvalue weighted by atomic mass is 10.1. The molecule has 0 bridgehead atoms. The van der Waals surface area contributed by atoms with Gasteiger partial charge in [-0.05, 0) is 31.4 Å². The van der Waals surface area contributed by atoms with Gasteiger partial charge in [0, 0.05) is 17.8 Å². The van der Waals surface area contributed by atoms with Crippen LogP contribution in [-0.2, 0) is 0 Å². The van der Waals surface area contributed by atoms with E-state index < -0.39 is 0 Å². The number of fused-ring (bicyclic) bond motifs is 1. The summed E-state index contributed by atoms with van der Waals surface area (Å²) in [6.07, 6.45) is 3.09. The SMILES string of the molecule is CC(C)n1ncc(Cl)c1C(=O)c1cnc2ccsc2c1. The van der Waals surface area contributed by atoms with E-state index >= 15 is 0 Å². The van der Waals surface area contributed by atoms with Crippen LogP contribution in [0.15, 0.2) is 29.9 Å². The number of ketones is 1. The van der Waals surface area contributed by atoms with Crippen molar-refractivity contribution in [2.45, 2.75) is 19.9 Å². The van der Waals surface area contributed by atoms with E-state index in [1.807, 2.05) is 31.4 Å². The van der Waals surface area contributed by atoms with E-state index in [0.29, 0.717) is 16.3 Å². The van der Waals surface area contributed by atoms with Crippen molar-refractivity contribution in [1.82, 2.24) is 14.8 Å². The number of carbonyl (C=O) groups excluding carboxylic acids is 1. The summed E-state index contributed by atoms with van der Waals surface area (Å²) in [6.45, 7) is 3.92. The molecule has 20 heavy (non-hydrogen) atoms. The fourth-order valence-electron chi connectivity index (χ4n) is 2.05. The number of carbonyl (C=O) groups is 1. The second-order valence-corrected chi connectivity index (χ2v) is 6.09. The zero-order chi connectivity index (χ0) is 14.3. The van der Waals surface area contributed by atoms with Gasteiger partial charge in [-0.15, -0.1) is 11.3 Å². The molecule has 0 aromatic carbocycles. The number of nitrogens with zero attached hydrogens (tertiary/aromatic N) is 3. The van der Waals surface area contributed by atoms with Crippen molar-refractivity contribution in [3.63, 3.8) is 0 Å². The molecule has 3 aromatic heterocycles. The number of halogens is 1. The highest BCUT2D eigenvalue weighted by Gasteiger charge is 2.21. The summed E-state index contributed by atoms with van der Waals surface area (Å²) in [5.74, 6) is -0.149. The second-order valence-electron chi connectivity index (χ2n) is 4.74. The van der Waals surface area contributed by atoms with Crippen LogP contribution in [0.3, 0.4) is 0 Å². The molecule has 0 aliphatic rings. The molecule has 3 aromatic rings. The van der Waals surface area contributed by atoms with Crippen LogP contribution in [-0.4, -0.2) is 20.5 Å². The lowest BCUT2D eigenvalue weighted by Gasteiger charge is -2.10. The molecule has 3 heterocycles. The van der Waals surface area contributed by atoms with Gasteiger partial charge in [-0.3, -0.25) is 14.5 Å². The lowest BCUT2D eigenvalue weighted by Crippen LogP contribution is -2.14. The zero-order valence-electron chi connectivity index (χ0n) is 11.0. The van der Waals surface area contributed by atoms with Crippen molar-refractivity contribution in [1.29, 1.82) is 0 Å². The Labute approximate surface area is 125 Å². The van der Waals surface area contributed by atoms with Gasteiger partial charge in [-0.1, -0.05) is 11.6 Å². The predicted molar refractivity (Wildman–Crippen MR) is 80.7 cm³/mol. The molecule has 0 amide bonds. The quantitative estimate of drug-likeness (QED) is 0.688. The molecule has 0 aliphatic carbocycles. The maximum Gasteiger partial charge on any atom is 0.214 e. The fraction of sp³-hybridized carbons (Fsp3) is 0.214. The average molecular weight is 306 g/mol. The van der Waals surface area contributed by atoms with Gasteiger partial charge in [-0.25, -0.2) is 0 Å².